The van der Waals surface area contributed by atoms with Crippen molar-refractivity contribution in [1.82, 2.24) is 4.98 Å². The Kier molecular flexibility index (Phi) is 3.35. The second-order valence-corrected chi connectivity index (χ2v) is 5.95. The summed E-state index contributed by atoms with van der Waals surface area (Å²) in [6, 6.07) is 5.11. The summed E-state index contributed by atoms with van der Waals surface area (Å²) in [6.45, 7) is 8.35. The van der Waals surface area contributed by atoms with E-state index in [0.717, 1.165) is 5.39 Å². The van der Waals surface area contributed by atoms with Crippen molar-refractivity contribution in [3.63, 3.8) is 0 Å². The van der Waals surface area contributed by atoms with E-state index in [1.807, 2.05) is 13.0 Å². The van der Waals surface area contributed by atoms with Gasteiger partial charge in [0, 0.05) is 23.3 Å². The number of fused-ring (bicyclic) bond motifs is 1. The molecule has 0 aliphatic carbocycles. The highest BCUT2D eigenvalue weighted by atomic mass is 19.1. The Morgan fingerprint density at radius 2 is 2.05 bits per heavy atom. The maximum Gasteiger partial charge on any atom is 0.150 e. The predicted octanol–water partition coefficient (Wildman–Crippen LogP) is 3.80. The van der Waals surface area contributed by atoms with Crippen molar-refractivity contribution >= 4 is 22.3 Å². The molecule has 0 spiro atoms. The van der Waals surface area contributed by atoms with Gasteiger partial charge >= 0.3 is 0 Å². The zero-order valence-corrected chi connectivity index (χ0v) is 11.8. The molecule has 102 valence electrons. The van der Waals surface area contributed by atoms with Crippen LogP contribution in [0, 0.1) is 11.2 Å². The minimum atomic E-state index is -0.361. The van der Waals surface area contributed by atoms with Crippen LogP contribution in [0.3, 0.4) is 0 Å². The van der Waals surface area contributed by atoms with Gasteiger partial charge in [-0.15, -0.1) is 0 Å². The number of halogens is 1. The molecule has 0 saturated carbocycles. The molecule has 1 aromatic heterocycles. The van der Waals surface area contributed by atoms with Gasteiger partial charge in [0.05, 0.1) is 11.2 Å². The minimum Gasteiger partial charge on any atom is -0.398 e. The first kappa shape index (κ1) is 13.6. The van der Waals surface area contributed by atoms with Crippen LogP contribution in [0.2, 0.25) is 0 Å². The number of pyridine rings is 1. The van der Waals surface area contributed by atoms with E-state index < -0.39 is 0 Å². The van der Waals surface area contributed by atoms with Gasteiger partial charge in [0.2, 0.25) is 0 Å². The fourth-order valence-corrected chi connectivity index (χ4v) is 1.81. The molecule has 1 atom stereocenters. The van der Waals surface area contributed by atoms with Crippen LogP contribution in [0.5, 0.6) is 0 Å². The molecule has 0 radical (unpaired) electrons. The molecule has 4 heteroatoms. The summed E-state index contributed by atoms with van der Waals surface area (Å²) in [7, 11) is 0. The highest BCUT2D eigenvalue weighted by Crippen LogP contribution is 2.32. The predicted molar refractivity (Wildman–Crippen MR) is 78.7 cm³/mol. The number of rotatable bonds is 2. The van der Waals surface area contributed by atoms with Gasteiger partial charge in [-0.25, -0.2) is 4.39 Å². The molecule has 3 N–H and O–H groups in total. The molecule has 2 rings (SSSR count). The maximum absolute atomic E-state index is 14.1. The lowest BCUT2D eigenvalue weighted by molar-refractivity contribution is 0.358. The molecule has 0 saturated heterocycles. The first-order valence-electron chi connectivity index (χ1n) is 6.40. The van der Waals surface area contributed by atoms with Crippen molar-refractivity contribution < 1.29 is 4.39 Å². The largest absolute Gasteiger partial charge is 0.398 e. The monoisotopic (exact) mass is 261 g/mol. The second-order valence-electron chi connectivity index (χ2n) is 5.95. The molecule has 3 nitrogen and oxygen atoms in total. The fourth-order valence-electron chi connectivity index (χ4n) is 1.81. The molecule has 1 aromatic carbocycles. The van der Waals surface area contributed by atoms with Gasteiger partial charge in [-0.3, -0.25) is 4.98 Å². The van der Waals surface area contributed by atoms with Crippen molar-refractivity contribution in [1.29, 1.82) is 0 Å². The third-order valence-electron chi connectivity index (χ3n) is 3.54. The zero-order chi connectivity index (χ0) is 14.2. The van der Waals surface area contributed by atoms with Gasteiger partial charge in [-0.2, -0.15) is 0 Å². The summed E-state index contributed by atoms with van der Waals surface area (Å²) in [5.41, 5.74) is 7.27. The quantitative estimate of drug-likeness (QED) is 0.808. The topological polar surface area (TPSA) is 50.9 Å². The van der Waals surface area contributed by atoms with Crippen LogP contribution in [0.25, 0.3) is 10.9 Å². The Morgan fingerprint density at radius 1 is 1.37 bits per heavy atom. The third kappa shape index (κ3) is 2.62. The first-order valence-corrected chi connectivity index (χ1v) is 6.40. The molecule has 19 heavy (non-hydrogen) atoms. The molecule has 0 fully saturated rings. The lowest BCUT2D eigenvalue weighted by atomic mass is 9.88. The molecule has 0 aliphatic rings. The summed E-state index contributed by atoms with van der Waals surface area (Å²) >= 11 is 0. The number of hydrogen-bond acceptors (Lipinski definition) is 3. The van der Waals surface area contributed by atoms with E-state index in [9.17, 15) is 4.39 Å². The van der Waals surface area contributed by atoms with E-state index in [4.69, 9.17) is 5.73 Å². The van der Waals surface area contributed by atoms with E-state index in [2.05, 4.69) is 31.1 Å². The molecule has 1 unspecified atom stereocenters. The van der Waals surface area contributed by atoms with Gasteiger partial charge in [-0.05, 0) is 30.5 Å². The van der Waals surface area contributed by atoms with Crippen molar-refractivity contribution in [2.45, 2.75) is 33.7 Å². The Balaban J connectivity index is 2.54. The number of nitrogens with zero attached hydrogens (tertiary/aromatic N) is 1. The molecule has 0 bridgehead atoms. The maximum atomic E-state index is 14.1. The average molecular weight is 261 g/mol. The normalized spacial score (nSPS) is 13.5. The van der Waals surface area contributed by atoms with E-state index >= 15 is 0 Å². The number of nitrogens with one attached hydrogen (secondary N) is 1. The SMILES string of the molecule is CC(Nc1c(F)cc(N)c2cccnc12)C(C)(C)C. The molecule has 0 amide bonds. The lowest BCUT2D eigenvalue weighted by Gasteiger charge is -2.29. The number of benzene rings is 1. The minimum absolute atomic E-state index is 0.0227. The van der Waals surface area contributed by atoms with Gasteiger partial charge in [0.1, 0.15) is 0 Å². The third-order valence-corrected chi connectivity index (χ3v) is 3.54. The van der Waals surface area contributed by atoms with Gasteiger partial charge in [0.25, 0.3) is 0 Å². The summed E-state index contributed by atoms with van der Waals surface area (Å²) in [5.74, 6) is -0.361. The molecular formula is C15H20FN3. The molecule has 2 aromatic rings. The molecule has 1 heterocycles. The van der Waals surface area contributed by atoms with Crippen LogP contribution >= 0.6 is 0 Å². The Bertz CT molecular complexity index is 602. The highest BCUT2D eigenvalue weighted by Gasteiger charge is 2.22. The second kappa shape index (κ2) is 4.68. The Labute approximate surface area is 113 Å². The van der Waals surface area contributed by atoms with Crippen LogP contribution in [-0.4, -0.2) is 11.0 Å². The van der Waals surface area contributed by atoms with Crippen molar-refractivity contribution in [3.8, 4) is 0 Å². The highest BCUT2D eigenvalue weighted by molar-refractivity contribution is 5.98. The summed E-state index contributed by atoms with van der Waals surface area (Å²) in [4.78, 5) is 4.26. The standard InChI is InChI=1S/C15H20FN3/c1-9(15(2,3)4)19-14-11(16)8-12(17)10-6-5-7-18-13(10)14/h5-9,19H,17H2,1-4H3. The summed E-state index contributed by atoms with van der Waals surface area (Å²) < 4.78 is 14.1. The summed E-state index contributed by atoms with van der Waals surface area (Å²) in [6.07, 6.45) is 1.65. The number of anilines is 2. The van der Waals surface area contributed by atoms with Crippen molar-refractivity contribution in [2.75, 3.05) is 11.1 Å². The van der Waals surface area contributed by atoms with Gasteiger partial charge < -0.3 is 11.1 Å². The smallest absolute Gasteiger partial charge is 0.150 e. The Morgan fingerprint density at radius 3 is 2.68 bits per heavy atom. The van der Waals surface area contributed by atoms with Crippen LogP contribution < -0.4 is 11.1 Å². The van der Waals surface area contributed by atoms with Crippen LogP contribution in [0.15, 0.2) is 24.4 Å². The molecule has 0 aliphatic heterocycles. The first-order chi connectivity index (χ1) is 8.80. The van der Waals surface area contributed by atoms with E-state index in [-0.39, 0.29) is 17.3 Å². The zero-order valence-electron chi connectivity index (χ0n) is 11.8. The lowest BCUT2D eigenvalue weighted by Crippen LogP contribution is -2.31. The number of nitrogens with two attached hydrogens (primary N) is 1. The van der Waals surface area contributed by atoms with Gasteiger partial charge in [0.15, 0.2) is 5.82 Å². The van der Waals surface area contributed by atoms with Crippen LogP contribution in [0.1, 0.15) is 27.7 Å². The van der Waals surface area contributed by atoms with E-state index in [1.54, 1.807) is 12.3 Å². The summed E-state index contributed by atoms with van der Waals surface area (Å²) in [5, 5.41) is 4.00. The van der Waals surface area contributed by atoms with E-state index in [0.29, 0.717) is 16.9 Å². The Hall–Kier alpha value is -1.84. The molecular weight excluding hydrogens is 241 g/mol. The number of hydrogen-bond donors (Lipinski definition) is 2. The fraction of sp³-hybridized carbons (Fsp3) is 0.400. The van der Waals surface area contributed by atoms with Crippen LogP contribution in [-0.2, 0) is 0 Å². The van der Waals surface area contributed by atoms with E-state index in [1.165, 1.54) is 6.07 Å². The van der Waals surface area contributed by atoms with Crippen LogP contribution in [0.4, 0.5) is 15.8 Å². The number of aromatic nitrogens is 1. The number of nitrogen functional groups attached to an aromatic ring is 1. The van der Waals surface area contributed by atoms with Crippen molar-refractivity contribution in [2.24, 2.45) is 5.41 Å². The van der Waals surface area contributed by atoms with Gasteiger partial charge in [-0.1, -0.05) is 20.8 Å². The van der Waals surface area contributed by atoms with Crippen molar-refractivity contribution in [3.05, 3.63) is 30.2 Å². The average Bonchev–Trinajstić information content (AvgIpc) is 2.33.